The fraction of sp³-hybridized carbons (Fsp3) is 0.286. The summed E-state index contributed by atoms with van der Waals surface area (Å²) in [5.74, 6) is 1.26. The minimum absolute atomic E-state index is 0.111. The number of carbonyl (C=O) groups is 1. The zero-order valence-corrected chi connectivity index (χ0v) is 22.1. The van der Waals surface area contributed by atoms with Crippen LogP contribution < -0.4 is 10.1 Å². The van der Waals surface area contributed by atoms with E-state index in [0.29, 0.717) is 41.1 Å². The molecular weight excluding hydrogens is 497 g/mol. The van der Waals surface area contributed by atoms with Gasteiger partial charge in [-0.1, -0.05) is 79.5 Å². The average Bonchev–Trinajstić information content (AvgIpc) is 3.46. The molecule has 0 fully saturated rings. The maximum absolute atomic E-state index is 12.4. The molecule has 6 nitrogen and oxygen atoms in total. The second-order valence-corrected chi connectivity index (χ2v) is 9.83. The van der Waals surface area contributed by atoms with Crippen LogP contribution in [0.4, 0.5) is 0 Å². The number of hydrogen-bond donors (Lipinski definition) is 1. The zero-order valence-electron chi connectivity index (χ0n) is 20.6. The lowest BCUT2D eigenvalue weighted by Gasteiger charge is -2.26. The number of nitrogens with one attached hydrogen (secondary N) is 1. The summed E-state index contributed by atoms with van der Waals surface area (Å²) >= 11 is 12.2. The highest BCUT2D eigenvalue weighted by atomic mass is 35.5. The fourth-order valence-electron chi connectivity index (χ4n) is 3.92. The second kappa shape index (κ2) is 11.2. The van der Waals surface area contributed by atoms with Gasteiger partial charge in [0.2, 0.25) is 0 Å². The van der Waals surface area contributed by atoms with Crippen LogP contribution in [0.25, 0.3) is 0 Å². The van der Waals surface area contributed by atoms with E-state index in [0.717, 1.165) is 5.75 Å². The van der Waals surface area contributed by atoms with Crippen molar-refractivity contribution in [2.24, 2.45) is 0 Å². The number of aromatic nitrogens is 2. The molecule has 2 aromatic heterocycles. The number of hydrogen-bond acceptors (Lipinski definition) is 4. The minimum atomic E-state index is -0.283. The van der Waals surface area contributed by atoms with Crippen molar-refractivity contribution in [3.63, 3.8) is 0 Å². The van der Waals surface area contributed by atoms with Crippen molar-refractivity contribution in [2.45, 2.75) is 45.8 Å². The van der Waals surface area contributed by atoms with Gasteiger partial charge in [0.1, 0.15) is 28.3 Å². The molecule has 36 heavy (non-hydrogen) atoms. The van der Waals surface area contributed by atoms with E-state index in [9.17, 15) is 4.79 Å². The highest BCUT2D eigenvalue weighted by molar-refractivity contribution is 6.41. The van der Waals surface area contributed by atoms with Crippen LogP contribution in [-0.2, 0) is 18.6 Å². The van der Waals surface area contributed by atoms with E-state index in [-0.39, 0.29) is 23.7 Å². The number of rotatable bonds is 10. The number of amides is 1. The van der Waals surface area contributed by atoms with Crippen molar-refractivity contribution in [3.8, 4) is 5.75 Å². The molecule has 4 aromatic rings. The van der Waals surface area contributed by atoms with Gasteiger partial charge in [-0.2, -0.15) is 5.10 Å². The number of halogens is 2. The Balaban J connectivity index is 1.25. The van der Waals surface area contributed by atoms with Crippen LogP contribution in [-0.4, -0.2) is 22.2 Å². The molecule has 0 spiro atoms. The summed E-state index contributed by atoms with van der Waals surface area (Å²) in [6.07, 6.45) is 0.649. The molecule has 4 rings (SSSR count). The maximum Gasteiger partial charge on any atom is 0.286 e. The summed E-state index contributed by atoms with van der Waals surface area (Å²) in [4.78, 5) is 12.4. The first-order valence-electron chi connectivity index (χ1n) is 11.8. The number of aryl methyl sites for hydroxylation is 2. The largest absolute Gasteiger partial charge is 0.486 e. The quantitative estimate of drug-likeness (QED) is 0.230. The Morgan fingerprint density at radius 1 is 1.03 bits per heavy atom. The van der Waals surface area contributed by atoms with E-state index in [4.69, 9.17) is 32.4 Å². The second-order valence-electron chi connectivity index (χ2n) is 9.09. The molecular formula is C28H29Cl2N3O3. The third kappa shape index (κ3) is 5.94. The van der Waals surface area contributed by atoms with E-state index in [1.165, 1.54) is 11.1 Å². The molecule has 0 unspecified atom stereocenters. The van der Waals surface area contributed by atoms with Crippen LogP contribution >= 0.6 is 23.2 Å². The number of benzene rings is 2. The summed E-state index contributed by atoms with van der Waals surface area (Å²) in [5.41, 5.74) is 3.03. The maximum atomic E-state index is 12.4. The van der Waals surface area contributed by atoms with Crippen molar-refractivity contribution in [1.82, 2.24) is 15.1 Å². The van der Waals surface area contributed by atoms with Gasteiger partial charge in [-0.3, -0.25) is 9.48 Å². The molecule has 0 saturated carbocycles. The predicted octanol–water partition coefficient (Wildman–Crippen LogP) is 6.82. The normalized spacial score (nSPS) is 11.5. The Bertz CT molecular complexity index is 1310. The summed E-state index contributed by atoms with van der Waals surface area (Å²) in [5, 5.41) is 7.98. The Morgan fingerprint density at radius 3 is 2.39 bits per heavy atom. The number of nitrogens with zero attached hydrogens (tertiary/aromatic N) is 2. The molecule has 8 heteroatoms. The lowest BCUT2D eigenvalue weighted by molar-refractivity contribution is 0.0921. The molecule has 0 saturated heterocycles. The summed E-state index contributed by atoms with van der Waals surface area (Å²) in [6.45, 7) is 7.43. The summed E-state index contributed by atoms with van der Waals surface area (Å²) < 4.78 is 13.2. The molecule has 1 amide bonds. The molecule has 188 valence electrons. The molecule has 0 atom stereocenters. The van der Waals surface area contributed by atoms with E-state index in [2.05, 4.69) is 60.7 Å². The van der Waals surface area contributed by atoms with Gasteiger partial charge in [0, 0.05) is 18.5 Å². The fourth-order valence-corrected chi connectivity index (χ4v) is 4.31. The Kier molecular flexibility index (Phi) is 8.07. The molecule has 0 bridgehead atoms. The van der Waals surface area contributed by atoms with Gasteiger partial charge < -0.3 is 14.5 Å². The highest BCUT2D eigenvalue weighted by Gasteiger charge is 2.22. The van der Waals surface area contributed by atoms with Crippen LogP contribution in [0.3, 0.4) is 0 Å². The molecule has 2 heterocycles. The van der Waals surface area contributed by atoms with Crippen LogP contribution in [0.1, 0.15) is 53.4 Å². The third-order valence-corrected chi connectivity index (χ3v) is 7.10. The molecule has 0 aliphatic heterocycles. The number of ether oxygens (including phenoxy) is 1. The van der Waals surface area contributed by atoms with Gasteiger partial charge in [-0.25, -0.2) is 0 Å². The first-order valence-corrected chi connectivity index (χ1v) is 12.6. The van der Waals surface area contributed by atoms with Gasteiger partial charge in [0.05, 0.1) is 5.69 Å². The highest BCUT2D eigenvalue weighted by Crippen LogP contribution is 2.32. The van der Waals surface area contributed by atoms with E-state index in [1.807, 2.05) is 18.2 Å². The third-order valence-electron chi connectivity index (χ3n) is 6.17. The van der Waals surface area contributed by atoms with Crippen LogP contribution in [0, 0.1) is 6.92 Å². The van der Waals surface area contributed by atoms with E-state index in [1.54, 1.807) is 23.7 Å². The zero-order chi connectivity index (χ0) is 25.7. The smallest absolute Gasteiger partial charge is 0.286 e. The first-order chi connectivity index (χ1) is 17.3. The molecule has 0 aliphatic carbocycles. The monoisotopic (exact) mass is 525 g/mol. The van der Waals surface area contributed by atoms with Gasteiger partial charge in [0.25, 0.3) is 5.91 Å². The lowest BCUT2D eigenvalue weighted by Crippen LogP contribution is -2.25. The standard InChI is InChI=1S/C28H29Cl2N3O3/c1-19-25(29)26(30)33(32-19)17-7-16-31-27(34)24-15-14-23(36-24)18-35-22-12-10-21(11-13-22)28(2,3)20-8-5-4-6-9-20/h4-6,8-15H,7,16-18H2,1-3H3,(H,31,34). The van der Waals surface area contributed by atoms with Gasteiger partial charge in [-0.15, -0.1) is 0 Å². The van der Waals surface area contributed by atoms with Gasteiger partial charge in [0.15, 0.2) is 5.76 Å². The summed E-state index contributed by atoms with van der Waals surface area (Å²) in [7, 11) is 0. The average molecular weight is 526 g/mol. The molecule has 0 radical (unpaired) electrons. The molecule has 2 aromatic carbocycles. The van der Waals surface area contributed by atoms with Crippen LogP contribution in [0.2, 0.25) is 10.2 Å². The van der Waals surface area contributed by atoms with E-state index >= 15 is 0 Å². The van der Waals surface area contributed by atoms with Crippen molar-refractivity contribution < 1.29 is 13.9 Å². The Morgan fingerprint density at radius 2 is 1.72 bits per heavy atom. The topological polar surface area (TPSA) is 69.3 Å². The number of furan rings is 1. The van der Waals surface area contributed by atoms with E-state index < -0.39 is 0 Å². The Labute approximate surface area is 221 Å². The predicted molar refractivity (Wildman–Crippen MR) is 142 cm³/mol. The number of carbonyl (C=O) groups excluding carboxylic acids is 1. The first kappa shape index (κ1) is 25.9. The summed E-state index contributed by atoms with van der Waals surface area (Å²) in [6, 6.07) is 21.9. The lowest BCUT2D eigenvalue weighted by atomic mass is 9.78. The van der Waals surface area contributed by atoms with Gasteiger partial charge in [-0.05, 0) is 48.7 Å². The van der Waals surface area contributed by atoms with Crippen molar-refractivity contribution >= 4 is 29.1 Å². The van der Waals surface area contributed by atoms with Crippen molar-refractivity contribution in [3.05, 3.63) is 105 Å². The Hall–Kier alpha value is -3.22. The SMILES string of the molecule is Cc1nn(CCCNC(=O)c2ccc(COc3ccc(C(C)(C)c4ccccc4)cc3)o2)c(Cl)c1Cl. The molecule has 0 aliphatic rings. The van der Waals surface area contributed by atoms with Crippen LogP contribution in [0.5, 0.6) is 5.75 Å². The van der Waals surface area contributed by atoms with Crippen molar-refractivity contribution in [1.29, 1.82) is 0 Å². The molecule has 1 N–H and O–H groups in total. The van der Waals surface area contributed by atoms with Crippen molar-refractivity contribution in [2.75, 3.05) is 6.54 Å². The minimum Gasteiger partial charge on any atom is -0.486 e. The van der Waals surface area contributed by atoms with Gasteiger partial charge >= 0.3 is 0 Å². The van der Waals surface area contributed by atoms with Crippen LogP contribution in [0.15, 0.2) is 71.1 Å².